The van der Waals surface area contributed by atoms with Crippen LogP contribution in [0.5, 0.6) is 23.0 Å². The van der Waals surface area contributed by atoms with Gasteiger partial charge in [0.15, 0.2) is 11.5 Å². The summed E-state index contributed by atoms with van der Waals surface area (Å²) in [4.78, 5) is 12.8. The highest BCUT2D eigenvalue weighted by atomic mass is 32.2. The molecule has 1 aliphatic rings. The van der Waals surface area contributed by atoms with E-state index in [9.17, 15) is 13.2 Å². The van der Waals surface area contributed by atoms with Gasteiger partial charge in [0.2, 0.25) is 0 Å². The van der Waals surface area contributed by atoms with E-state index in [0.29, 0.717) is 36.1 Å². The Balaban J connectivity index is 1.61. The minimum Gasteiger partial charge on any atom is -0.497 e. The van der Waals surface area contributed by atoms with E-state index in [1.54, 1.807) is 48.5 Å². The molecule has 3 aromatic carbocycles. The van der Waals surface area contributed by atoms with Crippen molar-refractivity contribution in [2.45, 2.75) is 4.90 Å². The third kappa shape index (κ3) is 4.80. The molecular weight excluding hydrogens is 448 g/mol. The number of nitrogens with one attached hydrogen (secondary N) is 2. The monoisotopic (exact) mass is 470 g/mol. The fourth-order valence-corrected chi connectivity index (χ4v) is 4.54. The summed E-state index contributed by atoms with van der Waals surface area (Å²) in [7, 11) is -1.13. The van der Waals surface area contributed by atoms with Crippen molar-refractivity contribution < 1.29 is 32.2 Å². The lowest BCUT2D eigenvalue weighted by Crippen LogP contribution is -2.20. The van der Waals surface area contributed by atoms with Gasteiger partial charge in [0.25, 0.3) is 15.9 Å². The minimum atomic E-state index is -4.02. The number of fused-ring (bicyclic) bond motifs is 1. The minimum absolute atomic E-state index is 0.128. The molecule has 2 N–H and O–H groups in total. The molecule has 0 aromatic heterocycles. The van der Waals surface area contributed by atoms with Gasteiger partial charge in [-0.05, 0) is 54.6 Å². The van der Waals surface area contributed by atoms with Gasteiger partial charge < -0.3 is 24.3 Å². The summed E-state index contributed by atoms with van der Waals surface area (Å²) >= 11 is 0. The second kappa shape index (κ2) is 9.29. The van der Waals surface area contributed by atoms with E-state index in [2.05, 4.69) is 10.0 Å². The molecule has 172 valence electrons. The van der Waals surface area contributed by atoms with Gasteiger partial charge in [-0.2, -0.15) is 0 Å². The number of carbonyl (C=O) groups excluding carboxylic acids is 1. The van der Waals surface area contributed by atoms with Gasteiger partial charge in [-0.15, -0.1) is 0 Å². The predicted molar refractivity (Wildman–Crippen MR) is 122 cm³/mol. The number of methoxy groups -OCH3 is 2. The van der Waals surface area contributed by atoms with Crippen molar-refractivity contribution >= 4 is 27.3 Å². The summed E-state index contributed by atoms with van der Waals surface area (Å²) in [5, 5.41) is 2.71. The van der Waals surface area contributed by atoms with Gasteiger partial charge in [-0.3, -0.25) is 9.52 Å². The molecular formula is C23H22N2O7S. The lowest BCUT2D eigenvalue weighted by atomic mass is 10.1. The number of benzene rings is 3. The molecule has 0 aliphatic carbocycles. The second-order valence-corrected chi connectivity index (χ2v) is 8.63. The molecule has 0 radical (unpaired) electrons. The van der Waals surface area contributed by atoms with Gasteiger partial charge in [0.1, 0.15) is 29.6 Å². The summed E-state index contributed by atoms with van der Waals surface area (Å²) in [6.45, 7) is 0.734. The lowest BCUT2D eigenvalue weighted by Gasteiger charge is -2.20. The van der Waals surface area contributed by atoms with Crippen molar-refractivity contribution in [3.05, 3.63) is 66.2 Å². The second-order valence-electron chi connectivity index (χ2n) is 6.98. The molecule has 4 rings (SSSR count). The van der Waals surface area contributed by atoms with Crippen LogP contribution in [0, 0.1) is 0 Å². The average Bonchev–Trinajstić information content (AvgIpc) is 2.84. The van der Waals surface area contributed by atoms with Crippen LogP contribution >= 0.6 is 0 Å². The number of carbonyl (C=O) groups is 1. The molecule has 33 heavy (non-hydrogen) atoms. The standard InChI is InChI=1S/C23H22N2O7S/c1-29-17-9-6-15(7-10-17)25-33(27,28)21-14-16(8-11-19(21)30-2)24-23(26)18-4-3-5-20-22(18)32-13-12-31-20/h3-11,14,25H,12-13H2,1-2H3,(H,24,26). The SMILES string of the molecule is COc1ccc(NS(=O)(=O)c2cc(NC(=O)c3cccc4c3OCCO4)ccc2OC)cc1. The molecule has 0 spiro atoms. The summed E-state index contributed by atoms with van der Waals surface area (Å²) in [5.41, 5.74) is 0.898. The maximum atomic E-state index is 13.1. The Morgan fingerprint density at radius 3 is 2.36 bits per heavy atom. The van der Waals surface area contributed by atoms with Gasteiger partial charge in [0, 0.05) is 11.4 Å². The van der Waals surface area contributed by atoms with Crippen LogP contribution in [0.2, 0.25) is 0 Å². The summed E-state index contributed by atoms with van der Waals surface area (Å²) < 4.78 is 50.1. The number of hydrogen-bond acceptors (Lipinski definition) is 7. The zero-order valence-electron chi connectivity index (χ0n) is 18.0. The zero-order chi connectivity index (χ0) is 23.4. The number of amides is 1. The van der Waals surface area contributed by atoms with Crippen LogP contribution in [0.3, 0.4) is 0 Å². The molecule has 0 unspecified atom stereocenters. The fraction of sp³-hybridized carbons (Fsp3) is 0.174. The van der Waals surface area contributed by atoms with Crippen LogP contribution in [-0.4, -0.2) is 41.8 Å². The first-order valence-corrected chi connectivity index (χ1v) is 11.4. The average molecular weight is 471 g/mol. The van der Waals surface area contributed by atoms with Gasteiger partial charge in [-0.25, -0.2) is 8.42 Å². The molecule has 1 heterocycles. The summed E-state index contributed by atoms with van der Waals surface area (Å²) in [6.07, 6.45) is 0. The quantitative estimate of drug-likeness (QED) is 0.543. The number of anilines is 2. The van der Waals surface area contributed by atoms with Crippen molar-refractivity contribution in [3.8, 4) is 23.0 Å². The van der Waals surface area contributed by atoms with E-state index in [4.69, 9.17) is 18.9 Å². The van der Waals surface area contributed by atoms with Crippen LogP contribution in [0.25, 0.3) is 0 Å². The number of hydrogen-bond donors (Lipinski definition) is 2. The van der Waals surface area contributed by atoms with Crippen LogP contribution in [-0.2, 0) is 10.0 Å². The normalized spacial score (nSPS) is 12.5. The van der Waals surface area contributed by atoms with Crippen LogP contribution < -0.4 is 29.0 Å². The van der Waals surface area contributed by atoms with E-state index < -0.39 is 15.9 Å². The van der Waals surface area contributed by atoms with Crippen molar-refractivity contribution in [2.75, 3.05) is 37.5 Å². The summed E-state index contributed by atoms with van der Waals surface area (Å²) in [6, 6.07) is 15.8. The molecule has 0 atom stereocenters. The fourth-order valence-electron chi connectivity index (χ4n) is 3.28. The molecule has 1 amide bonds. The zero-order valence-corrected chi connectivity index (χ0v) is 18.8. The molecule has 1 aliphatic heterocycles. The van der Waals surface area contributed by atoms with E-state index in [-0.39, 0.29) is 21.9 Å². The Labute approximate surface area is 191 Å². The first-order chi connectivity index (χ1) is 15.9. The number of sulfonamides is 1. The highest BCUT2D eigenvalue weighted by Crippen LogP contribution is 2.35. The van der Waals surface area contributed by atoms with Crippen molar-refractivity contribution in [3.63, 3.8) is 0 Å². The van der Waals surface area contributed by atoms with Crippen molar-refractivity contribution in [1.29, 1.82) is 0 Å². The molecule has 0 fully saturated rings. The van der Waals surface area contributed by atoms with Crippen LogP contribution in [0.1, 0.15) is 10.4 Å². The third-order valence-corrected chi connectivity index (χ3v) is 6.27. The number of rotatable bonds is 7. The van der Waals surface area contributed by atoms with E-state index in [0.717, 1.165) is 0 Å². The lowest BCUT2D eigenvalue weighted by molar-refractivity contribution is 0.101. The first kappa shape index (κ1) is 22.3. The van der Waals surface area contributed by atoms with Crippen molar-refractivity contribution in [1.82, 2.24) is 0 Å². The Morgan fingerprint density at radius 1 is 0.909 bits per heavy atom. The van der Waals surface area contributed by atoms with Gasteiger partial charge >= 0.3 is 0 Å². The summed E-state index contributed by atoms with van der Waals surface area (Å²) in [5.74, 6) is 1.09. The smallest absolute Gasteiger partial charge is 0.265 e. The van der Waals surface area contributed by atoms with Crippen LogP contribution in [0.4, 0.5) is 11.4 Å². The Bertz CT molecular complexity index is 1270. The van der Waals surface area contributed by atoms with Gasteiger partial charge in [-0.1, -0.05) is 6.07 Å². The van der Waals surface area contributed by atoms with E-state index in [1.807, 2.05) is 0 Å². The Kier molecular flexibility index (Phi) is 6.27. The van der Waals surface area contributed by atoms with Gasteiger partial charge in [0.05, 0.1) is 19.8 Å². The Morgan fingerprint density at radius 2 is 1.64 bits per heavy atom. The molecule has 0 bridgehead atoms. The van der Waals surface area contributed by atoms with E-state index >= 15 is 0 Å². The van der Waals surface area contributed by atoms with Crippen molar-refractivity contribution in [2.24, 2.45) is 0 Å². The molecule has 10 heteroatoms. The third-order valence-electron chi connectivity index (χ3n) is 4.86. The molecule has 3 aromatic rings. The Hall–Kier alpha value is -3.92. The topological polar surface area (TPSA) is 112 Å². The molecule has 0 saturated carbocycles. The first-order valence-electron chi connectivity index (χ1n) is 9.96. The molecule has 0 saturated heterocycles. The highest BCUT2D eigenvalue weighted by molar-refractivity contribution is 7.92. The predicted octanol–water partition coefficient (Wildman–Crippen LogP) is 3.53. The maximum Gasteiger partial charge on any atom is 0.265 e. The highest BCUT2D eigenvalue weighted by Gasteiger charge is 2.23. The number of ether oxygens (including phenoxy) is 4. The van der Waals surface area contributed by atoms with E-state index in [1.165, 1.54) is 26.4 Å². The maximum absolute atomic E-state index is 13.1. The largest absolute Gasteiger partial charge is 0.497 e. The van der Waals surface area contributed by atoms with Crippen LogP contribution in [0.15, 0.2) is 65.6 Å². The molecule has 9 nitrogen and oxygen atoms in total. The number of para-hydroxylation sites is 1.